The molecule has 2 aromatic carbocycles. The van der Waals surface area contributed by atoms with Crippen molar-refractivity contribution in [3.05, 3.63) is 82.7 Å². The second-order valence-electron chi connectivity index (χ2n) is 7.43. The number of esters is 1. The molecule has 0 saturated heterocycles. The summed E-state index contributed by atoms with van der Waals surface area (Å²) in [6, 6.07) is 16.2. The molecule has 7 heteroatoms. The third kappa shape index (κ3) is 5.72. The first-order valence-corrected chi connectivity index (χ1v) is 9.94. The van der Waals surface area contributed by atoms with Crippen LogP contribution >= 0.6 is 0 Å². The molecule has 31 heavy (non-hydrogen) atoms. The Morgan fingerprint density at radius 1 is 1.03 bits per heavy atom. The molecular formula is C24H26N2O5. The predicted molar refractivity (Wildman–Crippen MR) is 114 cm³/mol. The number of benzene rings is 2. The number of carbonyl (C=O) groups is 2. The van der Waals surface area contributed by atoms with Crippen LogP contribution in [0.1, 0.15) is 34.2 Å². The van der Waals surface area contributed by atoms with Gasteiger partial charge in [-0.3, -0.25) is 9.59 Å². The Hall–Kier alpha value is -3.61. The lowest BCUT2D eigenvalue weighted by atomic mass is 10.1. The lowest BCUT2D eigenvalue weighted by Crippen LogP contribution is -2.31. The van der Waals surface area contributed by atoms with Gasteiger partial charge in [0.15, 0.2) is 0 Å². The second kappa shape index (κ2) is 9.93. The van der Waals surface area contributed by atoms with Crippen LogP contribution in [0, 0.1) is 13.8 Å². The highest BCUT2D eigenvalue weighted by atomic mass is 16.5. The van der Waals surface area contributed by atoms with Gasteiger partial charge in [0, 0.05) is 19.7 Å². The number of hydrogen-bond acceptors (Lipinski definition) is 6. The summed E-state index contributed by atoms with van der Waals surface area (Å²) in [4.78, 5) is 26.4. The van der Waals surface area contributed by atoms with Gasteiger partial charge in [0.2, 0.25) is 6.10 Å². The normalized spacial score (nSPS) is 11.6. The molecule has 0 spiro atoms. The fourth-order valence-electron chi connectivity index (χ4n) is 3.03. The van der Waals surface area contributed by atoms with Gasteiger partial charge in [-0.15, -0.1) is 0 Å². The molecule has 3 aromatic rings. The van der Waals surface area contributed by atoms with Crippen LogP contribution in [0.3, 0.4) is 0 Å². The average Bonchev–Trinajstić information content (AvgIpc) is 3.09. The van der Waals surface area contributed by atoms with E-state index in [0.717, 1.165) is 22.6 Å². The summed E-state index contributed by atoms with van der Waals surface area (Å²) in [5.74, 6) is 0.634. The molecule has 0 unspecified atom stereocenters. The van der Waals surface area contributed by atoms with Crippen molar-refractivity contribution in [2.75, 3.05) is 14.1 Å². The van der Waals surface area contributed by atoms with Crippen molar-refractivity contribution in [3.63, 3.8) is 0 Å². The molecule has 7 nitrogen and oxygen atoms in total. The van der Waals surface area contributed by atoms with Crippen molar-refractivity contribution >= 4 is 11.9 Å². The highest BCUT2D eigenvalue weighted by Crippen LogP contribution is 2.22. The second-order valence-corrected chi connectivity index (χ2v) is 7.43. The first-order chi connectivity index (χ1) is 14.8. The standard InChI is InChI=1S/C24H26N2O5/c1-16-21(17(2)31-25-16)15-29-20-12-10-18(11-13-20)14-22(27)30-23(24(28)26(3)4)19-8-6-5-7-9-19/h5-13,23H,14-15H2,1-4H3/t23-/m0/s1. The molecular weight excluding hydrogens is 396 g/mol. The Balaban J connectivity index is 1.61. The molecule has 0 radical (unpaired) electrons. The number of likely N-dealkylation sites (N-methyl/N-ethyl adjacent to an activating group) is 1. The summed E-state index contributed by atoms with van der Waals surface area (Å²) in [6.07, 6.45) is -0.921. The maximum atomic E-state index is 12.5. The van der Waals surface area contributed by atoms with Crippen LogP contribution in [0.2, 0.25) is 0 Å². The number of aromatic nitrogens is 1. The van der Waals surface area contributed by atoms with Crippen molar-refractivity contribution in [2.24, 2.45) is 0 Å². The van der Waals surface area contributed by atoms with E-state index in [2.05, 4.69) is 5.16 Å². The number of hydrogen-bond donors (Lipinski definition) is 0. The van der Waals surface area contributed by atoms with Crippen molar-refractivity contribution < 1.29 is 23.6 Å². The summed E-state index contributed by atoms with van der Waals surface area (Å²) >= 11 is 0. The van der Waals surface area contributed by atoms with E-state index in [1.165, 1.54) is 4.90 Å². The number of rotatable bonds is 8. The Kier molecular flexibility index (Phi) is 7.07. The maximum absolute atomic E-state index is 12.5. The Morgan fingerprint density at radius 2 is 1.71 bits per heavy atom. The van der Waals surface area contributed by atoms with Crippen LogP contribution in [0.25, 0.3) is 0 Å². The number of ether oxygens (including phenoxy) is 2. The van der Waals surface area contributed by atoms with Gasteiger partial charge in [0.1, 0.15) is 18.1 Å². The molecule has 0 aliphatic rings. The first-order valence-electron chi connectivity index (χ1n) is 9.94. The molecule has 0 aliphatic carbocycles. The highest BCUT2D eigenvalue weighted by molar-refractivity contribution is 5.85. The van der Waals surface area contributed by atoms with Gasteiger partial charge in [-0.25, -0.2) is 0 Å². The van der Waals surface area contributed by atoms with Crippen LogP contribution in [0.5, 0.6) is 5.75 Å². The minimum absolute atomic E-state index is 0.0498. The molecule has 0 bridgehead atoms. The van der Waals surface area contributed by atoms with Gasteiger partial charge in [0.25, 0.3) is 5.91 Å². The molecule has 1 heterocycles. The van der Waals surface area contributed by atoms with Crippen molar-refractivity contribution in [1.29, 1.82) is 0 Å². The summed E-state index contributed by atoms with van der Waals surface area (Å²) in [7, 11) is 3.26. The van der Waals surface area contributed by atoms with Crippen LogP contribution in [-0.4, -0.2) is 36.0 Å². The van der Waals surface area contributed by atoms with Crippen molar-refractivity contribution in [2.45, 2.75) is 33.0 Å². The lowest BCUT2D eigenvalue weighted by Gasteiger charge is -2.21. The number of amides is 1. The lowest BCUT2D eigenvalue weighted by molar-refractivity contribution is -0.159. The van der Waals surface area contributed by atoms with E-state index < -0.39 is 12.1 Å². The van der Waals surface area contributed by atoms with Crippen molar-refractivity contribution in [1.82, 2.24) is 10.1 Å². The van der Waals surface area contributed by atoms with E-state index in [0.29, 0.717) is 17.9 Å². The van der Waals surface area contributed by atoms with Gasteiger partial charge in [-0.1, -0.05) is 47.6 Å². The minimum Gasteiger partial charge on any atom is -0.489 e. The third-order valence-electron chi connectivity index (χ3n) is 4.85. The molecule has 0 aliphatic heterocycles. The van der Waals surface area contributed by atoms with E-state index in [1.54, 1.807) is 62.6 Å². The fourth-order valence-corrected chi connectivity index (χ4v) is 3.03. The molecule has 1 aromatic heterocycles. The van der Waals surface area contributed by atoms with Crippen LogP contribution < -0.4 is 4.74 Å². The van der Waals surface area contributed by atoms with Crippen LogP contribution in [0.4, 0.5) is 0 Å². The zero-order valence-corrected chi connectivity index (χ0v) is 18.1. The van der Waals surface area contributed by atoms with Gasteiger partial charge >= 0.3 is 5.97 Å². The van der Waals surface area contributed by atoms with Crippen LogP contribution in [0.15, 0.2) is 59.1 Å². The molecule has 0 fully saturated rings. The fraction of sp³-hybridized carbons (Fsp3) is 0.292. The monoisotopic (exact) mass is 422 g/mol. The zero-order valence-electron chi connectivity index (χ0n) is 18.1. The van der Waals surface area contributed by atoms with E-state index >= 15 is 0 Å². The zero-order chi connectivity index (χ0) is 22.4. The number of nitrogens with zero attached hydrogens (tertiary/aromatic N) is 2. The van der Waals surface area contributed by atoms with Gasteiger partial charge in [-0.05, 0) is 31.5 Å². The van der Waals surface area contributed by atoms with Crippen molar-refractivity contribution in [3.8, 4) is 5.75 Å². The topological polar surface area (TPSA) is 81.9 Å². The van der Waals surface area contributed by atoms with Gasteiger partial charge in [-0.2, -0.15) is 0 Å². The third-order valence-corrected chi connectivity index (χ3v) is 4.85. The quantitative estimate of drug-likeness (QED) is 0.514. The van der Waals surface area contributed by atoms with E-state index in [-0.39, 0.29) is 12.3 Å². The summed E-state index contributed by atoms with van der Waals surface area (Å²) in [6.45, 7) is 4.07. The largest absolute Gasteiger partial charge is 0.489 e. The Bertz CT molecular complexity index is 1010. The molecule has 1 amide bonds. The summed E-state index contributed by atoms with van der Waals surface area (Å²) < 4.78 is 16.5. The van der Waals surface area contributed by atoms with E-state index in [4.69, 9.17) is 14.0 Å². The summed E-state index contributed by atoms with van der Waals surface area (Å²) in [5, 5.41) is 3.91. The molecule has 0 N–H and O–H groups in total. The SMILES string of the molecule is Cc1noc(C)c1COc1ccc(CC(=O)O[C@H](C(=O)N(C)C)c2ccccc2)cc1. The first kappa shape index (κ1) is 22.1. The molecule has 3 rings (SSSR count). The molecule has 0 saturated carbocycles. The maximum Gasteiger partial charge on any atom is 0.311 e. The number of carbonyl (C=O) groups excluding carboxylic acids is 2. The van der Waals surface area contributed by atoms with Gasteiger partial charge < -0.3 is 18.9 Å². The van der Waals surface area contributed by atoms with E-state index in [1.807, 2.05) is 19.9 Å². The van der Waals surface area contributed by atoms with Crippen LogP contribution in [-0.2, 0) is 27.4 Å². The van der Waals surface area contributed by atoms with E-state index in [9.17, 15) is 9.59 Å². The smallest absolute Gasteiger partial charge is 0.311 e. The Morgan fingerprint density at radius 3 is 2.29 bits per heavy atom. The minimum atomic E-state index is -0.971. The summed E-state index contributed by atoms with van der Waals surface area (Å²) in [5.41, 5.74) is 3.12. The number of aryl methyl sites for hydroxylation is 2. The van der Waals surface area contributed by atoms with Gasteiger partial charge in [0.05, 0.1) is 17.7 Å². The molecule has 1 atom stereocenters. The predicted octanol–water partition coefficient (Wildman–Crippen LogP) is 3.79. The highest BCUT2D eigenvalue weighted by Gasteiger charge is 2.26. The average molecular weight is 422 g/mol. The molecule has 162 valence electrons. The Labute approximate surface area is 181 Å².